The van der Waals surface area contributed by atoms with Gasteiger partial charge in [0.2, 0.25) is 10.0 Å². The molecule has 1 unspecified atom stereocenters. The Morgan fingerprint density at radius 2 is 2.10 bits per heavy atom. The number of benzene rings is 1. The first-order valence-electron chi connectivity index (χ1n) is 6.63. The van der Waals surface area contributed by atoms with Gasteiger partial charge in [-0.15, -0.1) is 12.4 Å². The summed E-state index contributed by atoms with van der Waals surface area (Å²) in [6.07, 6.45) is 0.884. The van der Waals surface area contributed by atoms with Gasteiger partial charge < -0.3 is 10.6 Å². The standard InChI is InChI=1S/C13H19N3O3S.ClH/c1-2-20(18,19)16-12-6-4-3-5-11(12)13(17)15-10-7-8-14-9-10;/h3-6,10,14,16H,2,7-9H2,1H3,(H,15,17);1H. The number of halogens is 1. The van der Waals surface area contributed by atoms with Gasteiger partial charge in [0.1, 0.15) is 0 Å². The Morgan fingerprint density at radius 1 is 1.38 bits per heavy atom. The van der Waals surface area contributed by atoms with Crippen molar-refractivity contribution in [2.24, 2.45) is 0 Å². The van der Waals surface area contributed by atoms with Crippen molar-refractivity contribution < 1.29 is 13.2 Å². The number of anilines is 1. The highest BCUT2D eigenvalue weighted by Gasteiger charge is 2.20. The zero-order valence-corrected chi connectivity index (χ0v) is 13.4. The molecule has 0 radical (unpaired) electrons. The largest absolute Gasteiger partial charge is 0.348 e. The molecule has 1 heterocycles. The van der Waals surface area contributed by atoms with Crippen molar-refractivity contribution in [1.82, 2.24) is 10.6 Å². The smallest absolute Gasteiger partial charge is 0.253 e. The van der Waals surface area contributed by atoms with E-state index in [0.717, 1.165) is 19.5 Å². The highest BCUT2D eigenvalue weighted by atomic mass is 35.5. The highest BCUT2D eigenvalue weighted by molar-refractivity contribution is 7.92. The Morgan fingerprint density at radius 3 is 2.71 bits per heavy atom. The van der Waals surface area contributed by atoms with E-state index in [4.69, 9.17) is 0 Å². The van der Waals surface area contributed by atoms with E-state index in [0.29, 0.717) is 11.3 Å². The van der Waals surface area contributed by atoms with Gasteiger partial charge in [0, 0.05) is 12.6 Å². The van der Waals surface area contributed by atoms with Gasteiger partial charge in [-0.05, 0) is 32.0 Å². The highest BCUT2D eigenvalue weighted by Crippen LogP contribution is 2.17. The SMILES string of the molecule is CCS(=O)(=O)Nc1ccccc1C(=O)NC1CCNC1.Cl. The average Bonchev–Trinajstić information content (AvgIpc) is 2.91. The molecule has 1 aromatic rings. The van der Waals surface area contributed by atoms with Crippen LogP contribution < -0.4 is 15.4 Å². The second kappa shape index (κ2) is 7.63. The molecule has 1 saturated heterocycles. The second-order valence-electron chi connectivity index (χ2n) is 4.71. The Bertz CT molecular complexity index is 586. The summed E-state index contributed by atoms with van der Waals surface area (Å²) < 4.78 is 25.7. The molecule has 118 valence electrons. The number of nitrogens with one attached hydrogen (secondary N) is 3. The Labute approximate surface area is 131 Å². The van der Waals surface area contributed by atoms with Gasteiger partial charge in [0.15, 0.2) is 0 Å². The fourth-order valence-corrected chi connectivity index (χ4v) is 2.71. The molecule has 1 aromatic carbocycles. The van der Waals surface area contributed by atoms with Gasteiger partial charge in [-0.1, -0.05) is 12.1 Å². The van der Waals surface area contributed by atoms with Crippen LogP contribution in [0.25, 0.3) is 0 Å². The van der Waals surface area contributed by atoms with Crippen LogP contribution in [0.4, 0.5) is 5.69 Å². The number of amides is 1. The maximum absolute atomic E-state index is 12.2. The first kappa shape index (κ1) is 17.7. The number of carbonyl (C=O) groups excluding carboxylic acids is 1. The lowest BCUT2D eigenvalue weighted by molar-refractivity contribution is 0.0941. The van der Waals surface area contributed by atoms with E-state index < -0.39 is 10.0 Å². The van der Waals surface area contributed by atoms with Crippen LogP contribution in [0.3, 0.4) is 0 Å². The lowest BCUT2D eigenvalue weighted by Gasteiger charge is -2.14. The van der Waals surface area contributed by atoms with E-state index in [1.807, 2.05) is 0 Å². The van der Waals surface area contributed by atoms with Gasteiger partial charge in [0.05, 0.1) is 17.0 Å². The number of hydrogen-bond acceptors (Lipinski definition) is 4. The third-order valence-electron chi connectivity index (χ3n) is 3.21. The first-order valence-corrected chi connectivity index (χ1v) is 8.28. The summed E-state index contributed by atoms with van der Waals surface area (Å²) in [6.45, 7) is 3.18. The molecule has 1 amide bonds. The van der Waals surface area contributed by atoms with Crippen molar-refractivity contribution in [3.8, 4) is 0 Å². The van der Waals surface area contributed by atoms with Crippen molar-refractivity contribution in [1.29, 1.82) is 0 Å². The summed E-state index contributed by atoms with van der Waals surface area (Å²) >= 11 is 0. The molecule has 8 heteroatoms. The summed E-state index contributed by atoms with van der Waals surface area (Å²) in [5, 5.41) is 6.07. The molecular weight excluding hydrogens is 314 g/mol. The van der Waals surface area contributed by atoms with Crippen LogP contribution in [0.15, 0.2) is 24.3 Å². The summed E-state index contributed by atoms with van der Waals surface area (Å²) in [5.74, 6) is -0.289. The molecule has 0 bridgehead atoms. The van der Waals surface area contributed by atoms with E-state index in [2.05, 4.69) is 15.4 Å². The predicted molar refractivity (Wildman–Crippen MR) is 85.5 cm³/mol. The molecule has 0 saturated carbocycles. The molecule has 0 spiro atoms. The number of rotatable bonds is 5. The Hall–Kier alpha value is -1.31. The average molecular weight is 334 g/mol. The zero-order chi connectivity index (χ0) is 14.6. The predicted octanol–water partition coefficient (Wildman–Crippen LogP) is 0.962. The summed E-state index contributed by atoms with van der Waals surface area (Å²) in [5.41, 5.74) is 0.661. The van der Waals surface area contributed by atoms with Crippen LogP contribution in [-0.2, 0) is 10.0 Å². The van der Waals surface area contributed by atoms with E-state index in [-0.39, 0.29) is 30.1 Å². The number of carbonyl (C=O) groups is 1. The normalized spacial score (nSPS) is 17.9. The lowest BCUT2D eigenvalue weighted by atomic mass is 10.1. The van der Waals surface area contributed by atoms with Crippen molar-refractivity contribution in [2.45, 2.75) is 19.4 Å². The van der Waals surface area contributed by atoms with Gasteiger partial charge in [0.25, 0.3) is 5.91 Å². The maximum Gasteiger partial charge on any atom is 0.253 e. The number of hydrogen-bond donors (Lipinski definition) is 3. The minimum atomic E-state index is -3.40. The maximum atomic E-state index is 12.2. The van der Waals surface area contributed by atoms with Crippen LogP contribution in [0, 0.1) is 0 Å². The Kier molecular flexibility index (Phi) is 6.44. The molecule has 1 fully saturated rings. The van der Waals surface area contributed by atoms with Crippen LogP contribution in [0.5, 0.6) is 0 Å². The number of para-hydroxylation sites is 1. The molecule has 1 atom stereocenters. The van der Waals surface area contributed by atoms with Crippen molar-refractivity contribution in [3.05, 3.63) is 29.8 Å². The van der Waals surface area contributed by atoms with Crippen LogP contribution in [0.1, 0.15) is 23.7 Å². The van der Waals surface area contributed by atoms with Crippen LogP contribution in [-0.4, -0.2) is 39.2 Å². The van der Waals surface area contributed by atoms with Crippen molar-refractivity contribution in [3.63, 3.8) is 0 Å². The molecular formula is C13H20ClN3O3S. The van der Waals surface area contributed by atoms with Crippen LogP contribution >= 0.6 is 12.4 Å². The molecule has 1 aliphatic heterocycles. The molecule has 6 nitrogen and oxygen atoms in total. The lowest BCUT2D eigenvalue weighted by Crippen LogP contribution is -2.36. The van der Waals surface area contributed by atoms with E-state index in [9.17, 15) is 13.2 Å². The molecule has 3 N–H and O–H groups in total. The van der Waals surface area contributed by atoms with Crippen molar-refractivity contribution >= 4 is 34.0 Å². The number of sulfonamides is 1. The molecule has 1 aliphatic rings. The molecule has 2 rings (SSSR count). The summed E-state index contributed by atoms with van der Waals surface area (Å²) in [6, 6.07) is 6.71. The monoisotopic (exact) mass is 333 g/mol. The summed E-state index contributed by atoms with van der Waals surface area (Å²) in [4.78, 5) is 12.2. The quantitative estimate of drug-likeness (QED) is 0.749. The van der Waals surface area contributed by atoms with Gasteiger partial charge in [-0.2, -0.15) is 0 Å². The third-order valence-corrected chi connectivity index (χ3v) is 4.50. The molecule has 21 heavy (non-hydrogen) atoms. The Balaban J connectivity index is 0.00000220. The summed E-state index contributed by atoms with van der Waals surface area (Å²) in [7, 11) is -3.40. The van der Waals surface area contributed by atoms with Gasteiger partial charge in [-0.3, -0.25) is 9.52 Å². The zero-order valence-electron chi connectivity index (χ0n) is 11.8. The third kappa shape index (κ3) is 4.87. The fourth-order valence-electron chi connectivity index (χ4n) is 2.05. The van der Waals surface area contributed by atoms with Gasteiger partial charge in [-0.25, -0.2) is 8.42 Å². The van der Waals surface area contributed by atoms with Crippen molar-refractivity contribution in [2.75, 3.05) is 23.6 Å². The molecule has 0 aliphatic carbocycles. The van der Waals surface area contributed by atoms with E-state index in [1.165, 1.54) is 0 Å². The molecule has 0 aromatic heterocycles. The minimum Gasteiger partial charge on any atom is -0.348 e. The fraction of sp³-hybridized carbons (Fsp3) is 0.462. The topological polar surface area (TPSA) is 87.3 Å². The van der Waals surface area contributed by atoms with Gasteiger partial charge >= 0.3 is 0 Å². The van der Waals surface area contributed by atoms with E-state index >= 15 is 0 Å². The van der Waals surface area contributed by atoms with E-state index in [1.54, 1.807) is 31.2 Å². The first-order chi connectivity index (χ1) is 9.52. The second-order valence-corrected chi connectivity index (χ2v) is 6.73. The van der Waals surface area contributed by atoms with Crippen LogP contribution in [0.2, 0.25) is 0 Å². The minimum absolute atomic E-state index is 0.